The molecule has 0 bridgehead atoms. The Morgan fingerprint density at radius 2 is 1.52 bits per heavy atom. The fourth-order valence-electron chi connectivity index (χ4n) is 4.20. The fraction of sp³-hybridized carbons (Fsp3) is 0.393. The summed E-state index contributed by atoms with van der Waals surface area (Å²) in [6.45, 7) is 1.42. The molecule has 1 heterocycles. The molecule has 0 aliphatic heterocycles. The number of aliphatic carboxylic acids is 3. The van der Waals surface area contributed by atoms with Crippen LogP contribution in [0.5, 0.6) is 5.75 Å². The molecule has 0 spiro atoms. The number of aromatic nitrogens is 2. The Hall–Kier alpha value is -4.29. The van der Waals surface area contributed by atoms with Crippen LogP contribution in [-0.2, 0) is 27.5 Å². The van der Waals surface area contributed by atoms with E-state index in [4.69, 9.17) is 29.6 Å². The molecule has 40 heavy (non-hydrogen) atoms. The molecule has 0 radical (unpaired) electrons. The van der Waals surface area contributed by atoms with Crippen molar-refractivity contribution in [1.29, 1.82) is 0 Å². The largest absolute Gasteiger partial charge is 0.490 e. The first kappa shape index (κ1) is 30.3. The molecule has 12 nitrogen and oxygen atoms in total. The van der Waals surface area contributed by atoms with Crippen molar-refractivity contribution >= 4 is 17.9 Å². The highest BCUT2D eigenvalue weighted by Crippen LogP contribution is 2.24. The lowest BCUT2D eigenvalue weighted by molar-refractivity contribution is -0.170. The number of hydrogen-bond donors (Lipinski definition) is 4. The van der Waals surface area contributed by atoms with Crippen LogP contribution in [0.2, 0.25) is 0 Å². The molecule has 0 unspecified atom stereocenters. The van der Waals surface area contributed by atoms with Gasteiger partial charge in [-0.05, 0) is 62.6 Å². The van der Waals surface area contributed by atoms with Gasteiger partial charge < -0.3 is 29.6 Å². The molecule has 4 rings (SSSR count). The van der Waals surface area contributed by atoms with Gasteiger partial charge in [0.15, 0.2) is 5.60 Å². The first-order valence-electron chi connectivity index (χ1n) is 12.8. The van der Waals surface area contributed by atoms with Crippen LogP contribution in [0.15, 0.2) is 59.0 Å². The van der Waals surface area contributed by atoms with Crippen molar-refractivity contribution in [3.63, 3.8) is 0 Å². The van der Waals surface area contributed by atoms with Gasteiger partial charge in [-0.2, -0.15) is 0 Å². The number of aliphatic hydroxyl groups is 1. The van der Waals surface area contributed by atoms with Gasteiger partial charge in [-0.15, -0.1) is 10.2 Å². The Bertz CT molecular complexity index is 1240. The fourth-order valence-corrected chi connectivity index (χ4v) is 4.20. The molecule has 0 atom stereocenters. The minimum Gasteiger partial charge on any atom is -0.490 e. The Balaban J connectivity index is 0.000000289. The van der Waals surface area contributed by atoms with Gasteiger partial charge in [-0.1, -0.05) is 30.3 Å². The zero-order valence-electron chi connectivity index (χ0n) is 22.1. The minimum absolute atomic E-state index is 0.398. The summed E-state index contributed by atoms with van der Waals surface area (Å²) in [4.78, 5) is 32.6. The van der Waals surface area contributed by atoms with E-state index in [-0.39, 0.29) is 0 Å². The lowest BCUT2D eigenvalue weighted by Gasteiger charge is -2.18. The second kappa shape index (κ2) is 14.2. The summed E-state index contributed by atoms with van der Waals surface area (Å²) in [7, 11) is 2.05. The van der Waals surface area contributed by atoms with Gasteiger partial charge in [0.05, 0.1) is 25.5 Å². The van der Waals surface area contributed by atoms with Crippen LogP contribution >= 0.6 is 0 Å². The Kier molecular flexibility index (Phi) is 10.7. The van der Waals surface area contributed by atoms with Crippen molar-refractivity contribution in [3.8, 4) is 17.2 Å². The molecular weight excluding hydrogens is 522 g/mol. The summed E-state index contributed by atoms with van der Waals surface area (Å²) in [5, 5.41) is 42.1. The monoisotopic (exact) mass is 555 g/mol. The molecule has 0 saturated heterocycles. The molecular formula is C28H33N3O9. The zero-order chi connectivity index (χ0) is 29.1. The number of hydrogen-bond acceptors (Lipinski definition) is 9. The number of carboxylic acid groups (broad SMARTS) is 3. The number of nitrogens with zero attached hydrogens (tertiary/aromatic N) is 3. The first-order valence-corrected chi connectivity index (χ1v) is 12.8. The summed E-state index contributed by atoms with van der Waals surface area (Å²) in [5.41, 5.74) is -0.562. The lowest BCUT2D eigenvalue weighted by atomic mass is 9.96. The molecule has 0 amide bonds. The third-order valence-electron chi connectivity index (χ3n) is 6.16. The summed E-state index contributed by atoms with van der Waals surface area (Å²) < 4.78 is 11.8. The SMILES string of the molecule is CN(Cc1ccc(OC2CCCC2)cc1)Cc1nnc(-c2ccccc2)o1.O=C(O)CC(O)(CC(=O)O)C(=O)O. The predicted octanol–water partition coefficient (Wildman–Crippen LogP) is 3.44. The third-order valence-corrected chi connectivity index (χ3v) is 6.16. The van der Waals surface area contributed by atoms with Crippen LogP contribution in [0.3, 0.4) is 0 Å². The van der Waals surface area contributed by atoms with E-state index in [1.807, 2.05) is 30.3 Å². The van der Waals surface area contributed by atoms with Crippen molar-refractivity contribution in [2.24, 2.45) is 0 Å². The van der Waals surface area contributed by atoms with Crippen molar-refractivity contribution < 1.29 is 44.0 Å². The maximum Gasteiger partial charge on any atom is 0.336 e. The van der Waals surface area contributed by atoms with Gasteiger partial charge in [-0.3, -0.25) is 14.5 Å². The van der Waals surface area contributed by atoms with E-state index < -0.39 is 36.4 Å². The number of benzene rings is 2. The summed E-state index contributed by atoms with van der Waals surface area (Å²) in [6.07, 6.45) is 3.04. The van der Waals surface area contributed by atoms with E-state index in [2.05, 4.69) is 46.4 Å². The van der Waals surface area contributed by atoms with E-state index in [1.165, 1.54) is 31.2 Å². The summed E-state index contributed by atoms with van der Waals surface area (Å²) in [5.74, 6) is -2.86. The van der Waals surface area contributed by atoms with E-state index in [1.54, 1.807) is 0 Å². The average Bonchev–Trinajstić information content (AvgIpc) is 3.57. The van der Waals surface area contributed by atoms with Crippen molar-refractivity contribution in [2.75, 3.05) is 7.05 Å². The van der Waals surface area contributed by atoms with Crippen LogP contribution in [-0.4, -0.2) is 72.2 Å². The standard InChI is InChI=1S/C22H25N3O2.C6H8O7/c1-25(16-21-23-24-22(27-21)18-7-3-2-4-8-18)15-17-11-13-20(14-12-17)26-19-9-5-6-10-19;7-3(8)1-6(13,5(11)12)2-4(9)10/h2-4,7-8,11-14,19H,5-6,9-10,15-16H2,1H3;13H,1-2H2,(H,7,8)(H,9,10)(H,11,12). The highest BCUT2D eigenvalue weighted by molar-refractivity contribution is 5.88. The molecule has 3 aromatic rings. The molecule has 1 fully saturated rings. The molecule has 214 valence electrons. The topological polar surface area (TPSA) is 184 Å². The Labute approximate surface area is 230 Å². The van der Waals surface area contributed by atoms with E-state index >= 15 is 0 Å². The molecule has 12 heteroatoms. The second-order valence-corrected chi connectivity index (χ2v) is 9.69. The van der Waals surface area contributed by atoms with Gasteiger partial charge in [0.2, 0.25) is 11.8 Å². The Morgan fingerprint density at radius 3 is 2.08 bits per heavy atom. The highest BCUT2D eigenvalue weighted by atomic mass is 16.5. The van der Waals surface area contributed by atoms with Crippen LogP contribution < -0.4 is 4.74 Å². The van der Waals surface area contributed by atoms with Crippen molar-refractivity contribution in [2.45, 2.75) is 63.3 Å². The second-order valence-electron chi connectivity index (χ2n) is 9.69. The number of ether oxygens (including phenoxy) is 1. The maximum absolute atomic E-state index is 10.3. The van der Waals surface area contributed by atoms with Gasteiger partial charge >= 0.3 is 17.9 Å². The maximum atomic E-state index is 10.3. The summed E-state index contributed by atoms with van der Waals surface area (Å²) >= 11 is 0. The van der Waals surface area contributed by atoms with E-state index in [9.17, 15) is 14.4 Å². The minimum atomic E-state index is -2.74. The molecule has 1 aliphatic carbocycles. The van der Waals surface area contributed by atoms with Gasteiger partial charge in [0, 0.05) is 12.1 Å². The van der Waals surface area contributed by atoms with Crippen molar-refractivity contribution in [1.82, 2.24) is 15.1 Å². The van der Waals surface area contributed by atoms with Crippen LogP contribution in [0.25, 0.3) is 11.5 Å². The van der Waals surface area contributed by atoms with Crippen LogP contribution in [0.1, 0.15) is 50.0 Å². The third kappa shape index (κ3) is 9.47. The van der Waals surface area contributed by atoms with Crippen LogP contribution in [0, 0.1) is 0 Å². The van der Waals surface area contributed by atoms with Gasteiger partial charge in [0.1, 0.15) is 5.75 Å². The number of carboxylic acids is 3. The van der Waals surface area contributed by atoms with Gasteiger partial charge in [0.25, 0.3) is 0 Å². The molecule has 1 saturated carbocycles. The molecule has 2 aromatic carbocycles. The quantitative estimate of drug-likeness (QED) is 0.256. The Morgan fingerprint density at radius 1 is 0.925 bits per heavy atom. The number of rotatable bonds is 12. The zero-order valence-corrected chi connectivity index (χ0v) is 22.1. The lowest BCUT2D eigenvalue weighted by Crippen LogP contribution is -2.42. The number of carbonyl (C=O) groups is 3. The van der Waals surface area contributed by atoms with Crippen molar-refractivity contribution in [3.05, 3.63) is 66.1 Å². The summed E-state index contributed by atoms with van der Waals surface area (Å²) in [6, 6.07) is 18.2. The molecule has 1 aromatic heterocycles. The van der Waals surface area contributed by atoms with Gasteiger partial charge in [-0.25, -0.2) is 4.79 Å². The smallest absolute Gasteiger partial charge is 0.336 e. The predicted molar refractivity (Wildman–Crippen MR) is 141 cm³/mol. The van der Waals surface area contributed by atoms with E-state index in [0.29, 0.717) is 24.4 Å². The molecule has 1 aliphatic rings. The normalized spacial score (nSPS) is 13.5. The van der Waals surface area contributed by atoms with E-state index in [0.717, 1.165) is 17.9 Å². The van der Waals surface area contributed by atoms with Crippen LogP contribution in [0.4, 0.5) is 0 Å². The highest BCUT2D eigenvalue weighted by Gasteiger charge is 2.40. The first-order chi connectivity index (χ1) is 19.0. The molecule has 4 N–H and O–H groups in total. The average molecular weight is 556 g/mol.